The molecule has 0 amide bonds. The first-order valence-corrected chi connectivity index (χ1v) is 6.64. The lowest BCUT2D eigenvalue weighted by Crippen LogP contribution is -2.48. The zero-order valence-corrected chi connectivity index (χ0v) is 10.8. The molecule has 0 saturated carbocycles. The van der Waals surface area contributed by atoms with Gasteiger partial charge in [0, 0.05) is 18.6 Å². The van der Waals surface area contributed by atoms with E-state index in [1.54, 1.807) is 0 Å². The molecule has 1 heterocycles. The summed E-state index contributed by atoms with van der Waals surface area (Å²) in [5.41, 5.74) is 6.41. The molecule has 1 unspecified atom stereocenters. The number of nitrogens with zero attached hydrogens (tertiary/aromatic N) is 1. The van der Waals surface area contributed by atoms with Crippen molar-refractivity contribution in [1.82, 2.24) is 4.90 Å². The van der Waals surface area contributed by atoms with E-state index in [9.17, 15) is 0 Å². The van der Waals surface area contributed by atoms with Crippen LogP contribution in [0.3, 0.4) is 0 Å². The summed E-state index contributed by atoms with van der Waals surface area (Å²) < 4.78 is 0. The highest BCUT2D eigenvalue weighted by atomic mass is 15.2. The summed E-state index contributed by atoms with van der Waals surface area (Å²) in [7, 11) is 0. The van der Waals surface area contributed by atoms with Crippen LogP contribution >= 0.6 is 0 Å². The molecule has 1 fully saturated rings. The third kappa shape index (κ3) is 3.76. The van der Waals surface area contributed by atoms with Crippen molar-refractivity contribution in [1.29, 1.82) is 0 Å². The average molecular weight is 212 g/mol. The molecule has 2 nitrogen and oxygen atoms in total. The van der Waals surface area contributed by atoms with E-state index in [0.717, 1.165) is 25.3 Å². The van der Waals surface area contributed by atoms with Crippen LogP contribution in [0.1, 0.15) is 52.9 Å². The largest absolute Gasteiger partial charge is 0.324 e. The quantitative estimate of drug-likeness (QED) is 0.733. The van der Waals surface area contributed by atoms with E-state index in [4.69, 9.17) is 5.73 Å². The van der Waals surface area contributed by atoms with Crippen molar-refractivity contribution >= 4 is 0 Å². The third-order valence-corrected chi connectivity index (χ3v) is 4.01. The molecule has 0 radical (unpaired) electrons. The Labute approximate surface area is 95.2 Å². The van der Waals surface area contributed by atoms with Crippen LogP contribution in [0.2, 0.25) is 0 Å². The molecule has 1 atom stereocenters. The van der Waals surface area contributed by atoms with Gasteiger partial charge in [0.1, 0.15) is 0 Å². The zero-order valence-electron chi connectivity index (χ0n) is 10.8. The van der Waals surface area contributed by atoms with Gasteiger partial charge in [0.15, 0.2) is 0 Å². The molecule has 2 heteroatoms. The second-order valence-corrected chi connectivity index (χ2v) is 5.25. The Morgan fingerprint density at radius 2 is 1.93 bits per heavy atom. The Balaban J connectivity index is 2.34. The van der Waals surface area contributed by atoms with Crippen LogP contribution < -0.4 is 5.73 Å². The fraction of sp³-hybridized carbons (Fsp3) is 1.00. The first-order chi connectivity index (χ1) is 7.13. The normalized spacial score (nSPS) is 23.6. The smallest absolute Gasteiger partial charge is 0.0278 e. The molecule has 2 N–H and O–H groups in total. The molecule has 1 saturated heterocycles. The fourth-order valence-corrected chi connectivity index (χ4v) is 2.62. The van der Waals surface area contributed by atoms with Gasteiger partial charge in [-0.25, -0.2) is 0 Å². The van der Waals surface area contributed by atoms with Gasteiger partial charge in [0.25, 0.3) is 0 Å². The van der Waals surface area contributed by atoms with Gasteiger partial charge in [-0.15, -0.1) is 0 Å². The molecule has 0 spiro atoms. The molecule has 1 aliphatic heterocycles. The van der Waals surface area contributed by atoms with Gasteiger partial charge < -0.3 is 10.6 Å². The van der Waals surface area contributed by atoms with Crippen LogP contribution in [0.15, 0.2) is 0 Å². The van der Waals surface area contributed by atoms with E-state index in [-0.39, 0.29) is 5.54 Å². The minimum absolute atomic E-state index is 0.0567. The van der Waals surface area contributed by atoms with Crippen LogP contribution in [-0.4, -0.2) is 30.1 Å². The standard InChI is InChI=1S/C13H28N2/c1-4-7-12-8-9-15(10-12)11-13(14,5-2)6-3/h12H,4-11,14H2,1-3H3. The summed E-state index contributed by atoms with van der Waals surface area (Å²) in [5.74, 6) is 0.938. The first-order valence-electron chi connectivity index (χ1n) is 6.64. The summed E-state index contributed by atoms with van der Waals surface area (Å²) in [5, 5.41) is 0. The highest BCUT2D eigenvalue weighted by molar-refractivity contribution is 4.87. The van der Waals surface area contributed by atoms with Crippen molar-refractivity contribution in [2.45, 2.75) is 58.4 Å². The summed E-state index contributed by atoms with van der Waals surface area (Å²) in [6, 6.07) is 0. The van der Waals surface area contributed by atoms with E-state index >= 15 is 0 Å². The lowest BCUT2D eigenvalue weighted by molar-refractivity contribution is 0.227. The predicted octanol–water partition coefficient (Wildman–Crippen LogP) is 2.63. The van der Waals surface area contributed by atoms with Crippen LogP contribution in [0.25, 0.3) is 0 Å². The second-order valence-electron chi connectivity index (χ2n) is 5.25. The number of rotatable bonds is 6. The summed E-state index contributed by atoms with van der Waals surface area (Å²) in [6.45, 7) is 10.4. The number of likely N-dealkylation sites (tertiary alicyclic amines) is 1. The van der Waals surface area contributed by atoms with Crippen LogP contribution in [0, 0.1) is 5.92 Å². The van der Waals surface area contributed by atoms with Gasteiger partial charge in [0.05, 0.1) is 0 Å². The molecule has 15 heavy (non-hydrogen) atoms. The van der Waals surface area contributed by atoms with E-state index < -0.39 is 0 Å². The molecule has 0 aliphatic carbocycles. The Morgan fingerprint density at radius 3 is 2.47 bits per heavy atom. The van der Waals surface area contributed by atoms with Crippen LogP contribution in [0.4, 0.5) is 0 Å². The fourth-order valence-electron chi connectivity index (χ4n) is 2.62. The molecule has 1 rings (SSSR count). The molecule has 1 aliphatic rings. The number of nitrogens with two attached hydrogens (primary N) is 1. The molecule has 0 bridgehead atoms. The predicted molar refractivity (Wildman–Crippen MR) is 67.0 cm³/mol. The Hall–Kier alpha value is -0.0800. The lowest BCUT2D eigenvalue weighted by atomic mass is 9.93. The van der Waals surface area contributed by atoms with Gasteiger partial charge >= 0.3 is 0 Å². The van der Waals surface area contributed by atoms with Gasteiger partial charge in [-0.1, -0.05) is 27.2 Å². The minimum atomic E-state index is 0.0567. The van der Waals surface area contributed by atoms with Crippen molar-refractivity contribution in [3.63, 3.8) is 0 Å². The third-order valence-electron chi connectivity index (χ3n) is 4.01. The van der Waals surface area contributed by atoms with Crippen molar-refractivity contribution in [3.8, 4) is 0 Å². The van der Waals surface area contributed by atoms with Crippen molar-refractivity contribution in [3.05, 3.63) is 0 Å². The maximum atomic E-state index is 6.35. The van der Waals surface area contributed by atoms with Gasteiger partial charge in [-0.2, -0.15) is 0 Å². The Kier molecular flexibility index (Phi) is 5.07. The van der Waals surface area contributed by atoms with Gasteiger partial charge in [-0.05, 0) is 38.1 Å². The molecular weight excluding hydrogens is 184 g/mol. The van der Waals surface area contributed by atoms with Gasteiger partial charge in [0.2, 0.25) is 0 Å². The highest BCUT2D eigenvalue weighted by Crippen LogP contribution is 2.23. The molecular formula is C13H28N2. The molecule has 90 valence electrons. The summed E-state index contributed by atoms with van der Waals surface area (Å²) in [4.78, 5) is 2.58. The minimum Gasteiger partial charge on any atom is -0.324 e. The van der Waals surface area contributed by atoms with E-state index in [2.05, 4.69) is 25.7 Å². The maximum Gasteiger partial charge on any atom is 0.0278 e. The Morgan fingerprint density at radius 1 is 1.27 bits per heavy atom. The van der Waals surface area contributed by atoms with Crippen LogP contribution in [0.5, 0.6) is 0 Å². The maximum absolute atomic E-state index is 6.35. The Bertz CT molecular complexity index is 175. The summed E-state index contributed by atoms with van der Waals surface area (Å²) >= 11 is 0. The molecule has 0 aromatic heterocycles. The second kappa shape index (κ2) is 5.86. The lowest BCUT2D eigenvalue weighted by Gasteiger charge is -2.31. The van der Waals surface area contributed by atoms with Crippen molar-refractivity contribution in [2.24, 2.45) is 11.7 Å². The SMILES string of the molecule is CCCC1CCN(CC(N)(CC)CC)C1. The topological polar surface area (TPSA) is 29.3 Å². The first kappa shape index (κ1) is 13.0. The number of hydrogen-bond donors (Lipinski definition) is 1. The van der Waals surface area contributed by atoms with E-state index in [1.165, 1.54) is 32.4 Å². The van der Waals surface area contributed by atoms with Crippen molar-refractivity contribution < 1.29 is 0 Å². The monoisotopic (exact) mass is 212 g/mol. The van der Waals surface area contributed by atoms with Crippen LogP contribution in [-0.2, 0) is 0 Å². The summed E-state index contributed by atoms with van der Waals surface area (Å²) in [6.07, 6.45) is 6.30. The average Bonchev–Trinajstić information content (AvgIpc) is 2.66. The van der Waals surface area contributed by atoms with Crippen molar-refractivity contribution in [2.75, 3.05) is 19.6 Å². The highest BCUT2D eigenvalue weighted by Gasteiger charge is 2.28. The van der Waals surface area contributed by atoms with Gasteiger partial charge in [-0.3, -0.25) is 0 Å². The zero-order chi connectivity index (χ0) is 11.3. The molecule has 0 aromatic carbocycles. The molecule has 0 aromatic rings. The number of hydrogen-bond acceptors (Lipinski definition) is 2. The van der Waals surface area contributed by atoms with E-state index in [1.807, 2.05) is 0 Å². The van der Waals surface area contributed by atoms with E-state index in [0.29, 0.717) is 0 Å².